The van der Waals surface area contributed by atoms with Gasteiger partial charge in [0.2, 0.25) is 0 Å². The van der Waals surface area contributed by atoms with Crippen LogP contribution < -0.4 is 4.74 Å². The molecule has 0 unspecified atom stereocenters. The van der Waals surface area contributed by atoms with Crippen LogP contribution >= 0.6 is 0 Å². The molecule has 100 valence electrons. The number of ether oxygens (including phenoxy) is 1. The molecule has 3 rings (SSSR count). The average molecular weight is 329 g/mol. The van der Waals surface area contributed by atoms with Gasteiger partial charge in [0, 0.05) is 0 Å². The van der Waals surface area contributed by atoms with Gasteiger partial charge in [0.05, 0.1) is 0 Å². The normalized spacial score (nSPS) is 10.5. The van der Waals surface area contributed by atoms with Crippen molar-refractivity contribution in [3.8, 4) is 26.0 Å². The van der Waals surface area contributed by atoms with Crippen molar-refractivity contribution in [1.29, 1.82) is 0 Å². The third kappa shape index (κ3) is 2.67. The first-order valence-corrected chi connectivity index (χ1v) is 8.02. The monoisotopic (exact) mass is 330 g/mol. The van der Waals surface area contributed by atoms with Crippen molar-refractivity contribution in [3.63, 3.8) is 0 Å². The third-order valence-electron chi connectivity index (χ3n) is 3.06. The van der Waals surface area contributed by atoms with E-state index in [9.17, 15) is 0 Å². The molecule has 0 bridgehead atoms. The number of hydrogen-bond acceptors (Lipinski definition) is 3. The van der Waals surface area contributed by atoms with Crippen molar-refractivity contribution in [3.05, 3.63) is 54.1 Å². The quantitative estimate of drug-likeness (QED) is 0.692. The van der Waals surface area contributed by atoms with Crippen LogP contribution in [0.4, 0.5) is 0 Å². The molecule has 0 saturated carbocycles. The zero-order valence-corrected chi connectivity index (χ0v) is 13.0. The Labute approximate surface area is 124 Å². The van der Waals surface area contributed by atoms with Crippen LogP contribution in [0.3, 0.4) is 0 Å². The van der Waals surface area contributed by atoms with Gasteiger partial charge in [-0.15, -0.1) is 0 Å². The molecular weight excluding hydrogens is 315 g/mol. The Hall–Kier alpha value is -1.90. The summed E-state index contributed by atoms with van der Waals surface area (Å²) >= 11 is 0.157. The Morgan fingerprint density at radius 2 is 1.30 bits per heavy atom. The zero-order chi connectivity index (χ0) is 13.9. The standard InChI is InChI=1S/C16H14N2OSe/c1-11-3-5-12(6-4-11)15-17-18-16(20-15)13-7-9-14(19-2)10-8-13/h3-10H,1-2H3. The SMILES string of the molecule is COc1ccc(-c2nnc(-c3ccc(C)cc3)[se]2)cc1. The maximum atomic E-state index is 5.17. The van der Waals surface area contributed by atoms with Crippen LogP contribution in [0.5, 0.6) is 5.75 Å². The Morgan fingerprint density at radius 3 is 1.80 bits per heavy atom. The van der Waals surface area contributed by atoms with Gasteiger partial charge in [0.15, 0.2) is 0 Å². The van der Waals surface area contributed by atoms with E-state index in [1.807, 2.05) is 24.3 Å². The summed E-state index contributed by atoms with van der Waals surface area (Å²) in [5.41, 5.74) is 3.55. The van der Waals surface area contributed by atoms with Crippen LogP contribution in [-0.4, -0.2) is 31.8 Å². The van der Waals surface area contributed by atoms with E-state index in [2.05, 4.69) is 41.4 Å². The fourth-order valence-electron chi connectivity index (χ4n) is 1.89. The second-order valence-corrected chi connectivity index (χ2v) is 6.56. The maximum absolute atomic E-state index is 5.17. The van der Waals surface area contributed by atoms with Gasteiger partial charge in [0.1, 0.15) is 0 Å². The van der Waals surface area contributed by atoms with Gasteiger partial charge in [-0.1, -0.05) is 0 Å². The number of benzene rings is 2. The molecule has 0 amide bonds. The molecule has 0 radical (unpaired) electrons. The van der Waals surface area contributed by atoms with E-state index in [1.165, 1.54) is 11.1 Å². The van der Waals surface area contributed by atoms with E-state index >= 15 is 0 Å². The molecule has 4 heteroatoms. The fraction of sp³-hybridized carbons (Fsp3) is 0.125. The molecule has 20 heavy (non-hydrogen) atoms. The van der Waals surface area contributed by atoms with E-state index in [1.54, 1.807) is 7.11 Å². The molecule has 1 aromatic heterocycles. The van der Waals surface area contributed by atoms with Crippen molar-refractivity contribution < 1.29 is 4.74 Å². The van der Waals surface area contributed by atoms with Gasteiger partial charge < -0.3 is 0 Å². The number of nitrogens with zero attached hydrogens (tertiary/aromatic N) is 2. The molecule has 0 N–H and O–H groups in total. The van der Waals surface area contributed by atoms with Crippen molar-refractivity contribution in [2.75, 3.05) is 7.11 Å². The number of aromatic nitrogens is 2. The van der Waals surface area contributed by atoms with E-state index in [0.29, 0.717) is 0 Å². The molecular formula is C16H14N2OSe. The Kier molecular flexibility index (Phi) is 3.68. The topological polar surface area (TPSA) is 35.0 Å². The second-order valence-electron chi connectivity index (χ2n) is 4.51. The van der Waals surface area contributed by atoms with E-state index in [4.69, 9.17) is 4.74 Å². The van der Waals surface area contributed by atoms with Crippen molar-refractivity contribution >= 4 is 14.5 Å². The minimum atomic E-state index is 0.157. The summed E-state index contributed by atoms with van der Waals surface area (Å²) in [5.74, 6) is 0.861. The summed E-state index contributed by atoms with van der Waals surface area (Å²) in [4.78, 5) is 0. The number of methoxy groups -OCH3 is 1. The summed E-state index contributed by atoms with van der Waals surface area (Å²) < 4.78 is 7.32. The predicted octanol–water partition coefficient (Wildman–Crippen LogP) is 3.18. The summed E-state index contributed by atoms with van der Waals surface area (Å²) in [7, 11) is 1.67. The average Bonchev–Trinajstić information content (AvgIpc) is 2.98. The second kappa shape index (κ2) is 5.61. The first-order valence-electron chi connectivity index (χ1n) is 6.31. The minimum absolute atomic E-state index is 0.157. The van der Waals surface area contributed by atoms with Gasteiger partial charge in [-0.3, -0.25) is 0 Å². The van der Waals surface area contributed by atoms with Gasteiger partial charge in [-0.25, -0.2) is 0 Å². The number of rotatable bonds is 3. The Morgan fingerprint density at radius 1 is 0.800 bits per heavy atom. The van der Waals surface area contributed by atoms with Crippen LogP contribution in [0.1, 0.15) is 5.56 Å². The van der Waals surface area contributed by atoms with Crippen molar-refractivity contribution in [1.82, 2.24) is 10.2 Å². The molecule has 0 spiro atoms. The summed E-state index contributed by atoms with van der Waals surface area (Å²) in [6.45, 7) is 2.09. The van der Waals surface area contributed by atoms with E-state index in [0.717, 1.165) is 20.4 Å². The first kappa shape index (κ1) is 13.1. The molecule has 3 aromatic rings. The van der Waals surface area contributed by atoms with Gasteiger partial charge in [-0.2, -0.15) is 0 Å². The first-order chi connectivity index (χ1) is 9.76. The number of hydrogen-bond donors (Lipinski definition) is 0. The van der Waals surface area contributed by atoms with E-state index in [-0.39, 0.29) is 14.5 Å². The molecule has 1 heterocycles. The molecule has 2 aromatic carbocycles. The van der Waals surface area contributed by atoms with Gasteiger partial charge >= 0.3 is 124 Å². The number of aryl methyl sites for hydroxylation is 1. The van der Waals surface area contributed by atoms with Gasteiger partial charge in [-0.05, 0) is 0 Å². The molecule has 0 aliphatic heterocycles. The Bertz CT molecular complexity index is 702. The molecule has 0 atom stereocenters. The molecule has 0 fully saturated rings. The van der Waals surface area contributed by atoms with Crippen LogP contribution in [0.25, 0.3) is 20.3 Å². The van der Waals surface area contributed by atoms with E-state index < -0.39 is 0 Å². The summed E-state index contributed by atoms with van der Waals surface area (Å²) in [6, 6.07) is 16.4. The molecule has 0 aliphatic carbocycles. The zero-order valence-electron chi connectivity index (χ0n) is 11.3. The summed E-state index contributed by atoms with van der Waals surface area (Å²) in [6.07, 6.45) is 0. The molecule has 0 aliphatic rings. The van der Waals surface area contributed by atoms with Crippen LogP contribution in [0, 0.1) is 6.92 Å². The van der Waals surface area contributed by atoms with Crippen LogP contribution in [-0.2, 0) is 0 Å². The summed E-state index contributed by atoms with van der Waals surface area (Å²) in [5, 5.41) is 8.67. The Balaban J connectivity index is 1.91. The van der Waals surface area contributed by atoms with Crippen molar-refractivity contribution in [2.45, 2.75) is 6.92 Å². The van der Waals surface area contributed by atoms with Crippen LogP contribution in [0.2, 0.25) is 0 Å². The third-order valence-corrected chi connectivity index (χ3v) is 5.20. The fourth-order valence-corrected chi connectivity index (χ4v) is 3.68. The molecule has 0 saturated heterocycles. The van der Waals surface area contributed by atoms with Crippen molar-refractivity contribution in [2.24, 2.45) is 0 Å². The van der Waals surface area contributed by atoms with Crippen LogP contribution in [0.15, 0.2) is 48.5 Å². The predicted molar refractivity (Wildman–Crippen MR) is 81.1 cm³/mol. The molecule has 3 nitrogen and oxygen atoms in total. The van der Waals surface area contributed by atoms with Gasteiger partial charge in [0.25, 0.3) is 0 Å².